The molecule has 0 aliphatic carbocycles. The lowest BCUT2D eigenvalue weighted by molar-refractivity contribution is -0.137. The quantitative estimate of drug-likeness (QED) is 0.302. The summed E-state index contributed by atoms with van der Waals surface area (Å²) in [6.45, 7) is 5.71. The van der Waals surface area contributed by atoms with Crippen LogP contribution >= 0.6 is 12.2 Å². The molecule has 0 bridgehead atoms. The van der Waals surface area contributed by atoms with Crippen LogP contribution in [-0.2, 0) is 6.18 Å². The largest absolute Gasteiger partial charge is 0.418 e. The van der Waals surface area contributed by atoms with Gasteiger partial charge in [0.25, 0.3) is 0 Å². The molecule has 1 aliphatic heterocycles. The zero-order chi connectivity index (χ0) is 25.6. The fourth-order valence-electron chi connectivity index (χ4n) is 5.09. The Morgan fingerprint density at radius 3 is 2.36 bits per heavy atom. The Bertz CT molecular complexity index is 1430. The van der Waals surface area contributed by atoms with Crippen molar-refractivity contribution in [3.8, 4) is 5.69 Å². The first-order chi connectivity index (χ1) is 17.2. The van der Waals surface area contributed by atoms with Crippen LogP contribution in [0.1, 0.15) is 45.9 Å². The third-order valence-corrected chi connectivity index (χ3v) is 6.93. The molecule has 8 heteroatoms. The number of anilines is 1. The standard InChI is InChI=1S/C28H25F3N4S/c1-17-9-8-10-20(15-17)35-26(25(33-27(35)36)23-12-6-7-14-32-23)21-16-18(2)34(19(21)3)24-13-5-4-11-22(24)28(29,30)31/h4-16,25-26H,1-3H3,(H,33,36)/t25-,26+/m0/s1. The van der Waals surface area contributed by atoms with Gasteiger partial charge in [-0.3, -0.25) is 4.98 Å². The highest BCUT2D eigenvalue weighted by molar-refractivity contribution is 7.80. The minimum absolute atomic E-state index is 0.108. The first kappa shape index (κ1) is 24.1. The molecule has 1 fully saturated rings. The summed E-state index contributed by atoms with van der Waals surface area (Å²) in [6.07, 6.45) is -2.74. The molecule has 4 aromatic rings. The summed E-state index contributed by atoms with van der Waals surface area (Å²) in [5, 5.41) is 3.97. The minimum Gasteiger partial charge on any atom is -0.351 e. The van der Waals surface area contributed by atoms with E-state index in [1.807, 2.05) is 68.1 Å². The van der Waals surface area contributed by atoms with E-state index in [9.17, 15) is 13.2 Å². The van der Waals surface area contributed by atoms with E-state index < -0.39 is 11.7 Å². The molecule has 1 N–H and O–H groups in total. The van der Waals surface area contributed by atoms with Crippen LogP contribution in [0.25, 0.3) is 5.69 Å². The second-order valence-corrected chi connectivity index (χ2v) is 9.40. The molecule has 1 aliphatic rings. The highest BCUT2D eigenvalue weighted by atomic mass is 32.1. The number of hydrogen-bond donors (Lipinski definition) is 1. The number of aromatic nitrogens is 2. The van der Waals surface area contributed by atoms with Gasteiger partial charge in [-0.15, -0.1) is 0 Å². The molecule has 184 valence electrons. The molecule has 36 heavy (non-hydrogen) atoms. The summed E-state index contributed by atoms with van der Waals surface area (Å²) in [4.78, 5) is 6.62. The van der Waals surface area contributed by atoms with Crippen molar-refractivity contribution in [1.82, 2.24) is 14.9 Å². The normalized spacial score (nSPS) is 17.9. The summed E-state index contributed by atoms with van der Waals surface area (Å²) < 4.78 is 43.4. The fraction of sp³-hybridized carbons (Fsp3) is 0.214. The summed E-state index contributed by atoms with van der Waals surface area (Å²) in [7, 11) is 0. The van der Waals surface area contributed by atoms with Crippen molar-refractivity contribution in [3.63, 3.8) is 0 Å². The Hall–Kier alpha value is -3.65. The molecule has 2 atom stereocenters. The maximum absolute atomic E-state index is 13.9. The Morgan fingerprint density at radius 1 is 0.917 bits per heavy atom. The van der Waals surface area contributed by atoms with Crippen LogP contribution in [-0.4, -0.2) is 14.7 Å². The Balaban J connectivity index is 1.71. The summed E-state index contributed by atoms with van der Waals surface area (Å²) in [5.41, 5.74) is 4.55. The molecule has 0 saturated carbocycles. The summed E-state index contributed by atoms with van der Waals surface area (Å²) >= 11 is 5.80. The monoisotopic (exact) mass is 506 g/mol. The summed E-state index contributed by atoms with van der Waals surface area (Å²) in [6, 6.07) is 20.8. The molecule has 0 spiro atoms. The second kappa shape index (κ2) is 9.09. The van der Waals surface area contributed by atoms with Crippen molar-refractivity contribution < 1.29 is 13.2 Å². The van der Waals surface area contributed by atoms with Gasteiger partial charge in [-0.1, -0.05) is 30.3 Å². The number of alkyl halides is 3. The van der Waals surface area contributed by atoms with Crippen molar-refractivity contribution in [3.05, 3.63) is 113 Å². The molecule has 5 rings (SSSR count). The van der Waals surface area contributed by atoms with E-state index in [2.05, 4.69) is 16.4 Å². The SMILES string of the molecule is Cc1cccc(N2C(=S)N[C@@H](c3ccccn3)[C@H]2c2cc(C)n(-c3ccccc3C(F)(F)F)c2C)c1. The smallest absolute Gasteiger partial charge is 0.351 e. The molecule has 1 saturated heterocycles. The number of aryl methyl sites for hydroxylation is 2. The Morgan fingerprint density at radius 2 is 1.67 bits per heavy atom. The van der Waals surface area contributed by atoms with Crippen LogP contribution in [0.3, 0.4) is 0 Å². The predicted octanol–water partition coefficient (Wildman–Crippen LogP) is 6.99. The number of pyridine rings is 1. The van der Waals surface area contributed by atoms with Crippen LogP contribution in [0.4, 0.5) is 18.9 Å². The highest BCUT2D eigenvalue weighted by Gasteiger charge is 2.43. The predicted molar refractivity (Wildman–Crippen MR) is 139 cm³/mol. The Kier molecular flexibility index (Phi) is 6.08. The summed E-state index contributed by atoms with van der Waals surface area (Å²) in [5.74, 6) is 0. The van der Waals surface area contributed by atoms with E-state index in [0.29, 0.717) is 10.8 Å². The molecule has 0 amide bonds. The number of para-hydroxylation sites is 1. The molecule has 2 aromatic carbocycles. The zero-order valence-electron chi connectivity index (χ0n) is 20.0. The average Bonchev–Trinajstić information content (AvgIpc) is 3.34. The first-order valence-electron chi connectivity index (χ1n) is 11.6. The van der Waals surface area contributed by atoms with Gasteiger partial charge in [0.05, 0.1) is 29.0 Å². The van der Waals surface area contributed by atoms with Gasteiger partial charge in [0, 0.05) is 23.3 Å². The number of nitrogens with one attached hydrogen (secondary N) is 1. The first-order valence-corrected chi connectivity index (χ1v) is 12.0. The number of nitrogens with zero attached hydrogens (tertiary/aromatic N) is 3. The van der Waals surface area contributed by atoms with E-state index in [1.165, 1.54) is 12.1 Å². The van der Waals surface area contributed by atoms with Crippen LogP contribution in [0.15, 0.2) is 79.0 Å². The van der Waals surface area contributed by atoms with E-state index in [-0.39, 0.29) is 17.8 Å². The van der Waals surface area contributed by atoms with Gasteiger partial charge >= 0.3 is 6.18 Å². The third-order valence-electron chi connectivity index (χ3n) is 6.62. The number of benzene rings is 2. The molecule has 3 heterocycles. The lowest BCUT2D eigenvalue weighted by Gasteiger charge is -2.28. The van der Waals surface area contributed by atoms with Crippen LogP contribution in [0.2, 0.25) is 0 Å². The lowest BCUT2D eigenvalue weighted by atomic mass is 9.96. The van der Waals surface area contributed by atoms with Crippen LogP contribution in [0.5, 0.6) is 0 Å². The van der Waals surface area contributed by atoms with Gasteiger partial charge in [0.1, 0.15) is 0 Å². The second-order valence-electron chi connectivity index (χ2n) is 9.01. The number of hydrogen-bond acceptors (Lipinski definition) is 2. The topological polar surface area (TPSA) is 33.1 Å². The van der Waals surface area contributed by atoms with Crippen LogP contribution in [0, 0.1) is 20.8 Å². The number of halogens is 3. The van der Waals surface area contributed by atoms with Crippen molar-refractivity contribution >= 4 is 23.0 Å². The number of thiocarbonyl (C=S) groups is 1. The Labute approximate surface area is 213 Å². The van der Waals surface area contributed by atoms with Gasteiger partial charge in [-0.2, -0.15) is 13.2 Å². The van der Waals surface area contributed by atoms with Gasteiger partial charge in [0.2, 0.25) is 0 Å². The van der Waals surface area contributed by atoms with E-state index in [1.54, 1.807) is 16.8 Å². The van der Waals surface area contributed by atoms with Gasteiger partial charge in [-0.05, 0) is 86.6 Å². The molecule has 0 radical (unpaired) electrons. The maximum Gasteiger partial charge on any atom is 0.418 e. The molecular formula is C28H25F3N4S. The van der Waals surface area contributed by atoms with Crippen molar-refractivity contribution in [2.75, 3.05) is 4.90 Å². The van der Waals surface area contributed by atoms with Gasteiger partial charge in [0.15, 0.2) is 5.11 Å². The van der Waals surface area contributed by atoms with E-state index in [0.717, 1.165) is 34.3 Å². The van der Waals surface area contributed by atoms with Crippen molar-refractivity contribution in [1.29, 1.82) is 0 Å². The van der Waals surface area contributed by atoms with E-state index >= 15 is 0 Å². The van der Waals surface area contributed by atoms with Crippen molar-refractivity contribution in [2.45, 2.75) is 39.0 Å². The van der Waals surface area contributed by atoms with Gasteiger partial charge in [-0.25, -0.2) is 0 Å². The molecule has 2 aromatic heterocycles. The maximum atomic E-state index is 13.9. The number of rotatable bonds is 4. The zero-order valence-corrected chi connectivity index (χ0v) is 20.9. The highest BCUT2D eigenvalue weighted by Crippen LogP contribution is 2.44. The van der Waals surface area contributed by atoms with Crippen molar-refractivity contribution in [2.24, 2.45) is 0 Å². The third kappa shape index (κ3) is 4.15. The lowest BCUT2D eigenvalue weighted by Crippen LogP contribution is -2.29. The minimum atomic E-state index is -4.47. The van der Waals surface area contributed by atoms with Crippen LogP contribution < -0.4 is 10.2 Å². The molecule has 0 unspecified atom stereocenters. The van der Waals surface area contributed by atoms with E-state index in [4.69, 9.17) is 12.2 Å². The van der Waals surface area contributed by atoms with Gasteiger partial charge < -0.3 is 14.8 Å². The molecule has 4 nitrogen and oxygen atoms in total. The average molecular weight is 507 g/mol. The molecular weight excluding hydrogens is 481 g/mol. The fourth-order valence-corrected chi connectivity index (χ4v) is 5.44.